The Morgan fingerprint density at radius 3 is 2.71 bits per heavy atom. The molecule has 0 spiro atoms. The van der Waals surface area contributed by atoms with Crippen LogP contribution in [0.3, 0.4) is 0 Å². The van der Waals surface area contributed by atoms with Crippen LogP contribution in [0.1, 0.15) is 19.4 Å². The highest BCUT2D eigenvalue weighted by Crippen LogP contribution is 2.31. The highest BCUT2D eigenvalue weighted by molar-refractivity contribution is 7.99. The summed E-state index contributed by atoms with van der Waals surface area (Å²) in [5.41, 5.74) is 6.56. The first-order valence-electron chi connectivity index (χ1n) is 5.23. The number of hydrogen-bond acceptors (Lipinski definition) is 4. The van der Waals surface area contributed by atoms with Gasteiger partial charge in [-0.05, 0) is 31.5 Å². The molecular formula is C12H17NO3S. The Morgan fingerprint density at radius 1 is 1.53 bits per heavy atom. The Morgan fingerprint density at radius 2 is 2.18 bits per heavy atom. The van der Waals surface area contributed by atoms with E-state index in [0.29, 0.717) is 5.75 Å². The summed E-state index contributed by atoms with van der Waals surface area (Å²) in [4.78, 5) is 10.8. The van der Waals surface area contributed by atoms with Crippen LogP contribution in [0.25, 0.3) is 0 Å². The quantitative estimate of drug-likeness (QED) is 0.747. The third-order valence-electron chi connectivity index (χ3n) is 2.54. The maximum absolute atomic E-state index is 10.8. The zero-order valence-corrected chi connectivity index (χ0v) is 10.7. The largest absolute Gasteiger partial charge is 0.508 e. The van der Waals surface area contributed by atoms with E-state index in [1.165, 1.54) is 11.8 Å². The van der Waals surface area contributed by atoms with Gasteiger partial charge in [0.25, 0.3) is 0 Å². The summed E-state index contributed by atoms with van der Waals surface area (Å²) in [6.45, 7) is 3.61. The van der Waals surface area contributed by atoms with Gasteiger partial charge in [-0.25, -0.2) is 0 Å². The molecule has 0 heterocycles. The molecule has 94 valence electrons. The van der Waals surface area contributed by atoms with Crippen LogP contribution < -0.4 is 5.73 Å². The predicted octanol–water partition coefficient (Wildman–Crippen LogP) is 1.82. The van der Waals surface area contributed by atoms with E-state index in [2.05, 4.69) is 0 Å². The number of carboxylic acid groups (broad SMARTS) is 1. The fraction of sp³-hybridized carbons (Fsp3) is 0.417. The third kappa shape index (κ3) is 3.94. The van der Waals surface area contributed by atoms with Crippen LogP contribution in [0.2, 0.25) is 0 Å². The lowest BCUT2D eigenvalue weighted by Crippen LogP contribution is -2.46. The number of hydrogen-bond donors (Lipinski definition) is 3. The van der Waals surface area contributed by atoms with E-state index < -0.39 is 16.8 Å². The van der Waals surface area contributed by atoms with Gasteiger partial charge in [0.05, 0.1) is 0 Å². The number of phenolic OH excluding ortho intramolecular Hbond substituents is 1. The Bertz CT molecular complexity index is 406. The number of benzene rings is 1. The van der Waals surface area contributed by atoms with Crippen LogP contribution in [0.15, 0.2) is 24.3 Å². The second-order valence-electron chi connectivity index (χ2n) is 4.38. The van der Waals surface area contributed by atoms with Gasteiger partial charge in [0.2, 0.25) is 0 Å². The molecule has 1 aromatic rings. The molecule has 0 aliphatic rings. The summed E-state index contributed by atoms with van der Waals surface area (Å²) < 4.78 is -0.558. The first kappa shape index (κ1) is 13.9. The van der Waals surface area contributed by atoms with Crippen LogP contribution >= 0.6 is 11.8 Å². The van der Waals surface area contributed by atoms with E-state index in [4.69, 9.17) is 10.8 Å². The van der Waals surface area contributed by atoms with Crippen molar-refractivity contribution >= 4 is 17.7 Å². The van der Waals surface area contributed by atoms with E-state index in [1.807, 2.05) is 6.07 Å². The number of aromatic hydroxyl groups is 1. The fourth-order valence-corrected chi connectivity index (χ4v) is 2.30. The topological polar surface area (TPSA) is 83.5 Å². The second kappa shape index (κ2) is 5.42. The lowest BCUT2D eigenvalue weighted by Gasteiger charge is -2.28. The summed E-state index contributed by atoms with van der Waals surface area (Å²) in [6.07, 6.45) is 0. The minimum Gasteiger partial charge on any atom is -0.508 e. The number of carbonyl (C=O) groups is 1. The van der Waals surface area contributed by atoms with E-state index in [-0.39, 0.29) is 5.75 Å². The molecule has 0 aliphatic carbocycles. The van der Waals surface area contributed by atoms with Crippen molar-refractivity contribution in [2.45, 2.75) is 30.4 Å². The molecule has 0 radical (unpaired) electrons. The number of thioether (sulfide) groups is 1. The Labute approximate surface area is 105 Å². The van der Waals surface area contributed by atoms with Crippen molar-refractivity contribution in [1.82, 2.24) is 0 Å². The Hall–Kier alpha value is -1.20. The highest BCUT2D eigenvalue weighted by Gasteiger charge is 2.32. The van der Waals surface area contributed by atoms with Crippen molar-refractivity contribution < 1.29 is 15.0 Å². The van der Waals surface area contributed by atoms with Crippen LogP contribution in [0.5, 0.6) is 5.75 Å². The molecule has 0 amide bonds. The molecule has 0 aromatic heterocycles. The molecule has 17 heavy (non-hydrogen) atoms. The van der Waals surface area contributed by atoms with Crippen molar-refractivity contribution in [2.75, 3.05) is 0 Å². The smallest absolute Gasteiger partial charge is 0.321 e. The zero-order valence-electron chi connectivity index (χ0n) is 9.88. The van der Waals surface area contributed by atoms with E-state index in [1.54, 1.807) is 32.0 Å². The first-order chi connectivity index (χ1) is 7.83. The summed E-state index contributed by atoms with van der Waals surface area (Å²) in [5, 5.41) is 18.2. The highest BCUT2D eigenvalue weighted by atomic mass is 32.2. The molecular weight excluding hydrogens is 238 g/mol. The molecule has 0 fully saturated rings. The van der Waals surface area contributed by atoms with Crippen LogP contribution in [0, 0.1) is 0 Å². The molecule has 1 rings (SSSR count). The average Bonchev–Trinajstić information content (AvgIpc) is 2.25. The van der Waals surface area contributed by atoms with Gasteiger partial charge in [-0.15, -0.1) is 11.8 Å². The van der Waals surface area contributed by atoms with Crippen LogP contribution in [-0.4, -0.2) is 27.0 Å². The molecule has 0 saturated heterocycles. The number of carboxylic acids is 1. The fourth-order valence-electron chi connectivity index (χ4n) is 1.30. The predicted molar refractivity (Wildman–Crippen MR) is 69.1 cm³/mol. The van der Waals surface area contributed by atoms with Gasteiger partial charge in [-0.1, -0.05) is 12.1 Å². The van der Waals surface area contributed by atoms with Gasteiger partial charge in [-0.3, -0.25) is 4.79 Å². The molecule has 1 aromatic carbocycles. The summed E-state index contributed by atoms with van der Waals surface area (Å²) in [5.74, 6) is -0.176. The third-order valence-corrected chi connectivity index (χ3v) is 4.01. The van der Waals surface area contributed by atoms with Crippen LogP contribution in [-0.2, 0) is 10.5 Å². The molecule has 0 saturated carbocycles. The maximum atomic E-state index is 10.8. The number of phenols is 1. The lowest BCUT2D eigenvalue weighted by molar-refractivity contribution is -0.139. The summed E-state index contributed by atoms with van der Waals surface area (Å²) in [7, 11) is 0. The molecule has 4 nitrogen and oxygen atoms in total. The van der Waals surface area contributed by atoms with Gasteiger partial charge in [0.1, 0.15) is 11.8 Å². The van der Waals surface area contributed by atoms with Crippen molar-refractivity contribution in [2.24, 2.45) is 5.73 Å². The maximum Gasteiger partial charge on any atom is 0.321 e. The molecule has 1 atom stereocenters. The monoisotopic (exact) mass is 255 g/mol. The molecule has 4 N–H and O–H groups in total. The minimum absolute atomic E-state index is 0.212. The molecule has 0 unspecified atom stereocenters. The molecule has 0 bridgehead atoms. The standard InChI is InChI=1S/C12H17NO3S/c1-12(2,10(13)11(15)16)17-7-8-4-3-5-9(14)6-8/h3-6,10,14H,7,13H2,1-2H3,(H,15,16)/t10-/m0/s1. The second-order valence-corrected chi connectivity index (χ2v) is 6.01. The van der Waals surface area contributed by atoms with E-state index in [9.17, 15) is 9.90 Å². The van der Waals surface area contributed by atoms with Gasteiger partial charge in [-0.2, -0.15) is 0 Å². The van der Waals surface area contributed by atoms with Gasteiger partial charge >= 0.3 is 5.97 Å². The Balaban J connectivity index is 2.64. The van der Waals surface area contributed by atoms with Crippen molar-refractivity contribution in [3.05, 3.63) is 29.8 Å². The number of aliphatic carboxylic acids is 1. The average molecular weight is 255 g/mol. The van der Waals surface area contributed by atoms with E-state index >= 15 is 0 Å². The molecule has 0 aliphatic heterocycles. The van der Waals surface area contributed by atoms with Gasteiger partial charge in [0.15, 0.2) is 0 Å². The zero-order chi connectivity index (χ0) is 13.1. The van der Waals surface area contributed by atoms with Gasteiger partial charge < -0.3 is 15.9 Å². The number of rotatable bonds is 5. The first-order valence-corrected chi connectivity index (χ1v) is 6.22. The minimum atomic E-state index is -1.00. The van der Waals surface area contributed by atoms with Gasteiger partial charge in [0, 0.05) is 10.5 Å². The summed E-state index contributed by atoms with van der Waals surface area (Å²) in [6, 6.07) is 5.99. The van der Waals surface area contributed by atoms with Crippen molar-refractivity contribution in [3.8, 4) is 5.75 Å². The van der Waals surface area contributed by atoms with Crippen molar-refractivity contribution in [1.29, 1.82) is 0 Å². The lowest BCUT2D eigenvalue weighted by atomic mass is 10.1. The molecule has 5 heteroatoms. The SMILES string of the molecule is CC(C)(SCc1cccc(O)c1)[C@@H](N)C(=O)O. The van der Waals surface area contributed by atoms with Crippen LogP contribution in [0.4, 0.5) is 0 Å². The Kier molecular flexibility index (Phi) is 4.42. The normalized spacial score (nSPS) is 13.4. The van der Waals surface area contributed by atoms with Crippen molar-refractivity contribution in [3.63, 3.8) is 0 Å². The summed E-state index contributed by atoms with van der Waals surface area (Å²) >= 11 is 1.46. The van der Waals surface area contributed by atoms with E-state index in [0.717, 1.165) is 5.56 Å². The number of nitrogens with two attached hydrogens (primary N) is 1.